The third-order valence-corrected chi connectivity index (χ3v) is 6.96. The molecule has 0 spiro atoms. The van der Waals surface area contributed by atoms with Crippen LogP contribution in [0.3, 0.4) is 0 Å². The average Bonchev–Trinajstić information content (AvgIpc) is 3.26. The zero-order chi connectivity index (χ0) is 21.4. The fourth-order valence-electron chi connectivity index (χ4n) is 5.21. The first-order valence-corrected chi connectivity index (χ1v) is 11.4. The Bertz CT molecular complexity index is 1110. The topological polar surface area (TPSA) is 99.9 Å². The molecule has 2 fully saturated rings. The Kier molecular flexibility index (Phi) is 5.58. The molecule has 8 nitrogen and oxygen atoms in total. The van der Waals surface area contributed by atoms with E-state index in [1.807, 2.05) is 35.9 Å². The van der Waals surface area contributed by atoms with E-state index in [0.717, 1.165) is 35.1 Å². The molecule has 3 aromatic rings. The minimum absolute atomic E-state index is 0.101. The number of aliphatic hydroxyl groups excluding tert-OH is 1. The molecule has 5 rings (SSSR count). The summed E-state index contributed by atoms with van der Waals surface area (Å²) in [6.07, 6.45) is 6.83. The van der Waals surface area contributed by atoms with Gasteiger partial charge in [0.2, 0.25) is 0 Å². The molecule has 2 N–H and O–H groups in total. The molecule has 0 unspecified atom stereocenters. The minimum Gasteiger partial charge on any atom is -0.393 e. The van der Waals surface area contributed by atoms with Gasteiger partial charge in [0.05, 0.1) is 17.7 Å². The number of aromatic amines is 1. The van der Waals surface area contributed by atoms with Crippen molar-refractivity contribution in [2.75, 3.05) is 13.1 Å². The molecule has 3 heterocycles. The molecule has 0 radical (unpaired) electrons. The molecule has 2 aliphatic rings. The Labute approximate surface area is 181 Å². The summed E-state index contributed by atoms with van der Waals surface area (Å²) in [6, 6.07) is 7.99. The fourth-order valence-corrected chi connectivity index (χ4v) is 5.21. The van der Waals surface area contributed by atoms with E-state index >= 15 is 0 Å². The summed E-state index contributed by atoms with van der Waals surface area (Å²) in [4.78, 5) is 18.7. The van der Waals surface area contributed by atoms with Gasteiger partial charge in [0.25, 0.3) is 5.56 Å². The Hall–Kier alpha value is -2.58. The van der Waals surface area contributed by atoms with E-state index in [9.17, 15) is 9.90 Å². The standard InChI is InChI=1S/C23H30N6O2/c1-15-6-5-7-16-14-19(23(31)24-20(15)16)21(28-12-10-18(30)11-13-28)22-25-26-27-29(22)17-8-3-2-4-9-17/h5-7,14,17-18,21,30H,2-4,8-13H2,1H3,(H,24,31)/t21-/m1/s1. The minimum atomic E-state index is -0.335. The lowest BCUT2D eigenvalue weighted by Gasteiger charge is -2.36. The van der Waals surface area contributed by atoms with Crippen molar-refractivity contribution in [2.45, 2.75) is 70.1 Å². The van der Waals surface area contributed by atoms with Crippen molar-refractivity contribution in [3.8, 4) is 0 Å². The van der Waals surface area contributed by atoms with E-state index in [1.54, 1.807) is 0 Å². The number of fused-ring (bicyclic) bond motifs is 1. The summed E-state index contributed by atoms with van der Waals surface area (Å²) in [6.45, 7) is 3.41. The van der Waals surface area contributed by atoms with E-state index in [0.29, 0.717) is 31.5 Å². The molecular formula is C23H30N6O2. The number of hydrogen-bond donors (Lipinski definition) is 2. The summed E-state index contributed by atoms with van der Waals surface area (Å²) < 4.78 is 1.97. The lowest BCUT2D eigenvalue weighted by atomic mass is 9.94. The van der Waals surface area contributed by atoms with Gasteiger partial charge in [0.1, 0.15) is 6.04 Å². The van der Waals surface area contributed by atoms with Crippen LogP contribution in [0.1, 0.15) is 74.0 Å². The van der Waals surface area contributed by atoms with Gasteiger partial charge in [-0.3, -0.25) is 9.69 Å². The van der Waals surface area contributed by atoms with Crippen molar-refractivity contribution in [1.29, 1.82) is 0 Å². The number of para-hydroxylation sites is 1. The van der Waals surface area contributed by atoms with Gasteiger partial charge in [-0.05, 0) is 60.0 Å². The number of pyridine rings is 1. The molecule has 1 aliphatic heterocycles. The highest BCUT2D eigenvalue weighted by Gasteiger charge is 2.34. The van der Waals surface area contributed by atoms with Gasteiger partial charge >= 0.3 is 0 Å². The van der Waals surface area contributed by atoms with Gasteiger partial charge in [0, 0.05) is 18.7 Å². The number of H-pyrrole nitrogens is 1. The molecule has 8 heteroatoms. The second-order valence-electron chi connectivity index (χ2n) is 9.04. The highest BCUT2D eigenvalue weighted by Crippen LogP contribution is 2.34. The summed E-state index contributed by atoms with van der Waals surface area (Å²) in [5, 5.41) is 23.9. The monoisotopic (exact) mass is 422 g/mol. The molecule has 1 saturated heterocycles. The number of nitrogens with zero attached hydrogens (tertiary/aromatic N) is 5. The number of likely N-dealkylation sites (tertiary alicyclic amines) is 1. The molecule has 0 amide bonds. The summed E-state index contributed by atoms with van der Waals surface area (Å²) in [5.41, 5.74) is 2.49. The molecule has 1 atom stereocenters. The van der Waals surface area contributed by atoms with Gasteiger partial charge < -0.3 is 10.1 Å². The van der Waals surface area contributed by atoms with Gasteiger partial charge in [-0.2, -0.15) is 0 Å². The summed E-state index contributed by atoms with van der Waals surface area (Å²) >= 11 is 0. The average molecular weight is 423 g/mol. The van der Waals surface area contributed by atoms with Gasteiger partial charge in [0.15, 0.2) is 5.82 Å². The Morgan fingerprint density at radius 1 is 1.13 bits per heavy atom. The molecule has 2 aromatic heterocycles. The fraction of sp³-hybridized carbons (Fsp3) is 0.565. The smallest absolute Gasteiger partial charge is 0.253 e. The number of aryl methyl sites for hydroxylation is 1. The van der Waals surface area contributed by atoms with E-state index in [2.05, 4.69) is 25.4 Å². The van der Waals surface area contributed by atoms with Crippen molar-refractivity contribution in [3.63, 3.8) is 0 Å². The maximum atomic E-state index is 13.3. The van der Waals surface area contributed by atoms with Crippen molar-refractivity contribution < 1.29 is 5.11 Å². The third kappa shape index (κ3) is 3.90. The van der Waals surface area contributed by atoms with Crippen LogP contribution in [0, 0.1) is 6.92 Å². The van der Waals surface area contributed by atoms with Crippen LogP contribution in [0.25, 0.3) is 10.9 Å². The zero-order valence-electron chi connectivity index (χ0n) is 18.0. The predicted molar refractivity (Wildman–Crippen MR) is 118 cm³/mol. The summed E-state index contributed by atoms with van der Waals surface area (Å²) in [7, 11) is 0. The number of aliphatic hydroxyl groups is 1. The number of tetrazole rings is 1. The van der Waals surface area contributed by atoms with Crippen LogP contribution in [0.5, 0.6) is 0 Å². The van der Waals surface area contributed by atoms with Crippen molar-refractivity contribution in [3.05, 3.63) is 51.6 Å². The quantitative estimate of drug-likeness (QED) is 0.671. The van der Waals surface area contributed by atoms with Crippen LogP contribution in [0.15, 0.2) is 29.1 Å². The van der Waals surface area contributed by atoms with E-state index in [4.69, 9.17) is 0 Å². The Morgan fingerprint density at radius 2 is 1.90 bits per heavy atom. The first kappa shape index (κ1) is 20.3. The van der Waals surface area contributed by atoms with Gasteiger partial charge in [-0.15, -0.1) is 5.10 Å². The van der Waals surface area contributed by atoms with E-state index in [-0.39, 0.29) is 23.7 Å². The SMILES string of the molecule is Cc1cccc2cc([C@H](c3nnnn3C3CCCCC3)N3CCC(O)CC3)c(=O)[nH]c12. The normalized spacial score (nSPS) is 20.3. The molecule has 1 saturated carbocycles. The van der Waals surface area contributed by atoms with Gasteiger partial charge in [-0.25, -0.2) is 4.68 Å². The number of piperidine rings is 1. The molecule has 164 valence electrons. The number of benzene rings is 1. The summed E-state index contributed by atoms with van der Waals surface area (Å²) in [5.74, 6) is 0.737. The van der Waals surface area contributed by atoms with Crippen LogP contribution in [0.4, 0.5) is 0 Å². The number of rotatable bonds is 4. The van der Waals surface area contributed by atoms with Crippen LogP contribution in [-0.2, 0) is 0 Å². The number of hydrogen-bond acceptors (Lipinski definition) is 6. The van der Waals surface area contributed by atoms with E-state index in [1.165, 1.54) is 19.3 Å². The van der Waals surface area contributed by atoms with Crippen molar-refractivity contribution in [1.82, 2.24) is 30.1 Å². The lowest BCUT2D eigenvalue weighted by molar-refractivity contribution is 0.0651. The zero-order valence-corrected chi connectivity index (χ0v) is 18.0. The van der Waals surface area contributed by atoms with E-state index < -0.39 is 0 Å². The first-order chi connectivity index (χ1) is 15.1. The molecule has 31 heavy (non-hydrogen) atoms. The van der Waals surface area contributed by atoms with Crippen molar-refractivity contribution in [2.24, 2.45) is 0 Å². The highest BCUT2D eigenvalue weighted by atomic mass is 16.3. The Balaban J connectivity index is 1.63. The van der Waals surface area contributed by atoms with Crippen LogP contribution < -0.4 is 5.56 Å². The molecular weight excluding hydrogens is 392 g/mol. The maximum Gasteiger partial charge on any atom is 0.253 e. The van der Waals surface area contributed by atoms with Crippen LogP contribution in [0.2, 0.25) is 0 Å². The largest absolute Gasteiger partial charge is 0.393 e. The predicted octanol–water partition coefficient (Wildman–Crippen LogP) is 2.87. The first-order valence-electron chi connectivity index (χ1n) is 11.4. The van der Waals surface area contributed by atoms with Crippen LogP contribution >= 0.6 is 0 Å². The molecule has 1 aromatic carbocycles. The number of nitrogens with one attached hydrogen (secondary N) is 1. The van der Waals surface area contributed by atoms with Gasteiger partial charge in [-0.1, -0.05) is 37.5 Å². The number of aromatic nitrogens is 5. The third-order valence-electron chi connectivity index (χ3n) is 6.96. The Morgan fingerprint density at radius 3 is 2.68 bits per heavy atom. The molecule has 1 aliphatic carbocycles. The van der Waals surface area contributed by atoms with Crippen LogP contribution in [-0.4, -0.2) is 54.4 Å². The maximum absolute atomic E-state index is 13.3. The second-order valence-corrected chi connectivity index (χ2v) is 9.04. The second kappa shape index (κ2) is 8.51. The van der Waals surface area contributed by atoms with Crippen molar-refractivity contribution >= 4 is 10.9 Å². The molecule has 0 bridgehead atoms. The lowest BCUT2D eigenvalue weighted by Crippen LogP contribution is -2.42. The highest BCUT2D eigenvalue weighted by molar-refractivity contribution is 5.82.